The molecule has 0 amide bonds. The fourth-order valence-corrected chi connectivity index (χ4v) is 3.60. The Labute approximate surface area is 161 Å². The number of nitrogens with two attached hydrogens (primary N) is 1. The minimum absolute atomic E-state index is 0.424. The lowest BCUT2D eigenvalue weighted by Crippen LogP contribution is -2.05. The Kier molecular flexibility index (Phi) is 3.76. The Bertz CT molecular complexity index is 1310. The van der Waals surface area contributed by atoms with Gasteiger partial charge in [0.2, 0.25) is 0 Å². The van der Waals surface area contributed by atoms with E-state index in [1.807, 2.05) is 22.8 Å². The lowest BCUT2D eigenvalue weighted by atomic mass is 10.0. The number of benzene rings is 2. The third-order valence-corrected chi connectivity index (χ3v) is 4.95. The van der Waals surface area contributed by atoms with Gasteiger partial charge in [-0.1, -0.05) is 48.5 Å². The summed E-state index contributed by atoms with van der Waals surface area (Å²) in [6.07, 6.45) is 3.19. The summed E-state index contributed by atoms with van der Waals surface area (Å²) in [4.78, 5) is 17.7. The van der Waals surface area contributed by atoms with Crippen molar-refractivity contribution in [2.45, 2.75) is 13.5 Å². The molecule has 6 nitrogen and oxygen atoms in total. The number of pyridine rings is 1. The maximum atomic E-state index is 6.09. The van der Waals surface area contributed by atoms with Crippen LogP contribution in [0.15, 0.2) is 67.3 Å². The van der Waals surface area contributed by atoms with Gasteiger partial charge in [-0.2, -0.15) is 0 Å². The fourth-order valence-electron chi connectivity index (χ4n) is 3.60. The SMILES string of the molecule is Cc1cccc2cc(Cn3cnc4ncnc(N)c43)c(-c3ccccc3)nc12. The summed E-state index contributed by atoms with van der Waals surface area (Å²) in [6, 6.07) is 18.7. The summed E-state index contributed by atoms with van der Waals surface area (Å²) in [5.74, 6) is 0.424. The van der Waals surface area contributed by atoms with Crippen molar-refractivity contribution in [1.82, 2.24) is 24.5 Å². The van der Waals surface area contributed by atoms with Crippen molar-refractivity contribution in [2.24, 2.45) is 0 Å². The summed E-state index contributed by atoms with van der Waals surface area (Å²) >= 11 is 0. The molecule has 0 unspecified atom stereocenters. The van der Waals surface area contributed by atoms with Crippen LogP contribution in [0.2, 0.25) is 0 Å². The molecular formula is C22H18N6. The molecule has 5 rings (SSSR count). The molecule has 3 heterocycles. The van der Waals surface area contributed by atoms with Crippen LogP contribution in [0.3, 0.4) is 0 Å². The lowest BCUT2D eigenvalue weighted by molar-refractivity contribution is 0.823. The third-order valence-electron chi connectivity index (χ3n) is 4.95. The van der Waals surface area contributed by atoms with E-state index in [0.29, 0.717) is 18.0 Å². The highest BCUT2D eigenvalue weighted by atomic mass is 15.1. The standard InChI is InChI=1S/C22H18N6/c1-14-6-5-9-16-10-17(19(27-18(14)16)15-7-3-2-4-8-15)11-28-13-26-22-20(28)21(23)24-12-25-22/h2-10,12-13H,11H2,1H3,(H2,23,24,25). The highest BCUT2D eigenvalue weighted by Crippen LogP contribution is 2.29. The second-order valence-electron chi connectivity index (χ2n) is 6.81. The highest BCUT2D eigenvalue weighted by Gasteiger charge is 2.14. The number of para-hydroxylation sites is 1. The van der Waals surface area contributed by atoms with Crippen molar-refractivity contribution in [3.63, 3.8) is 0 Å². The number of nitrogens with zero attached hydrogens (tertiary/aromatic N) is 5. The number of nitrogen functional groups attached to an aromatic ring is 1. The zero-order valence-electron chi connectivity index (χ0n) is 15.4. The number of hydrogen-bond donors (Lipinski definition) is 1. The summed E-state index contributed by atoms with van der Waals surface area (Å²) in [7, 11) is 0. The van der Waals surface area contributed by atoms with E-state index in [2.05, 4.69) is 58.3 Å². The molecule has 0 saturated carbocycles. The van der Waals surface area contributed by atoms with E-state index >= 15 is 0 Å². The van der Waals surface area contributed by atoms with Gasteiger partial charge in [0.15, 0.2) is 11.5 Å². The largest absolute Gasteiger partial charge is 0.382 e. The first kappa shape index (κ1) is 16.4. The summed E-state index contributed by atoms with van der Waals surface area (Å²) in [5, 5.41) is 1.11. The van der Waals surface area contributed by atoms with E-state index < -0.39 is 0 Å². The zero-order valence-corrected chi connectivity index (χ0v) is 15.4. The van der Waals surface area contributed by atoms with Gasteiger partial charge in [-0.3, -0.25) is 0 Å². The molecule has 0 spiro atoms. The van der Waals surface area contributed by atoms with Crippen LogP contribution < -0.4 is 5.73 Å². The van der Waals surface area contributed by atoms with Crippen LogP contribution in [-0.4, -0.2) is 24.5 Å². The molecule has 2 N–H and O–H groups in total. The zero-order chi connectivity index (χ0) is 19.1. The Morgan fingerprint density at radius 1 is 0.964 bits per heavy atom. The Morgan fingerprint density at radius 3 is 2.68 bits per heavy atom. The molecule has 3 aromatic heterocycles. The van der Waals surface area contributed by atoms with Crippen molar-refractivity contribution < 1.29 is 0 Å². The number of imidazole rings is 1. The average molecular weight is 366 g/mol. The predicted molar refractivity (Wildman–Crippen MR) is 111 cm³/mol. The van der Waals surface area contributed by atoms with Crippen LogP contribution >= 0.6 is 0 Å². The van der Waals surface area contributed by atoms with Crippen LogP contribution in [0, 0.1) is 6.92 Å². The number of rotatable bonds is 3. The topological polar surface area (TPSA) is 82.5 Å². The Balaban J connectivity index is 1.73. The van der Waals surface area contributed by atoms with E-state index in [9.17, 15) is 0 Å². The van der Waals surface area contributed by atoms with E-state index in [1.165, 1.54) is 6.33 Å². The molecule has 0 aliphatic rings. The van der Waals surface area contributed by atoms with Gasteiger partial charge >= 0.3 is 0 Å². The van der Waals surface area contributed by atoms with Crippen molar-refractivity contribution >= 4 is 27.9 Å². The first-order valence-corrected chi connectivity index (χ1v) is 9.06. The van der Waals surface area contributed by atoms with Crippen molar-refractivity contribution in [1.29, 1.82) is 0 Å². The van der Waals surface area contributed by atoms with Gasteiger partial charge in [0, 0.05) is 10.9 Å². The first-order chi connectivity index (χ1) is 13.7. The molecule has 2 aromatic carbocycles. The number of aryl methyl sites for hydroxylation is 1. The number of fused-ring (bicyclic) bond motifs is 2. The summed E-state index contributed by atoms with van der Waals surface area (Å²) in [5.41, 5.74) is 12.7. The molecule has 5 aromatic rings. The third kappa shape index (κ3) is 2.66. The van der Waals surface area contributed by atoms with Gasteiger partial charge in [-0.25, -0.2) is 19.9 Å². The number of hydrogen-bond acceptors (Lipinski definition) is 5. The molecule has 0 radical (unpaired) electrons. The predicted octanol–water partition coefficient (Wildman–Crippen LogP) is 3.98. The van der Waals surface area contributed by atoms with E-state index in [0.717, 1.165) is 38.8 Å². The lowest BCUT2D eigenvalue weighted by Gasteiger charge is -2.13. The fraction of sp³-hybridized carbons (Fsp3) is 0.0909. The number of aromatic nitrogens is 5. The number of anilines is 1. The van der Waals surface area contributed by atoms with E-state index in [1.54, 1.807) is 6.33 Å². The van der Waals surface area contributed by atoms with E-state index in [-0.39, 0.29) is 0 Å². The second-order valence-corrected chi connectivity index (χ2v) is 6.81. The molecule has 0 aliphatic carbocycles. The quantitative estimate of drug-likeness (QED) is 0.522. The molecule has 0 aliphatic heterocycles. The highest BCUT2D eigenvalue weighted by molar-refractivity contribution is 5.86. The minimum Gasteiger partial charge on any atom is -0.382 e. The van der Waals surface area contributed by atoms with Crippen molar-refractivity contribution in [2.75, 3.05) is 5.73 Å². The monoisotopic (exact) mass is 366 g/mol. The van der Waals surface area contributed by atoms with Gasteiger partial charge in [0.1, 0.15) is 11.8 Å². The van der Waals surface area contributed by atoms with Crippen LogP contribution in [0.5, 0.6) is 0 Å². The van der Waals surface area contributed by atoms with Crippen LogP contribution in [0.1, 0.15) is 11.1 Å². The minimum atomic E-state index is 0.424. The summed E-state index contributed by atoms with van der Waals surface area (Å²) < 4.78 is 1.98. The van der Waals surface area contributed by atoms with Gasteiger partial charge in [0.25, 0.3) is 0 Å². The smallest absolute Gasteiger partial charge is 0.182 e. The summed E-state index contributed by atoms with van der Waals surface area (Å²) in [6.45, 7) is 2.67. The maximum absolute atomic E-state index is 6.09. The molecule has 0 saturated heterocycles. The molecule has 0 atom stereocenters. The molecule has 6 heteroatoms. The average Bonchev–Trinajstić information content (AvgIpc) is 3.13. The normalized spacial score (nSPS) is 11.3. The van der Waals surface area contributed by atoms with Gasteiger partial charge in [-0.15, -0.1) is 0 Å². The molecular weight excluding hydrogens is 348 g/mol. The molecule has 0 fully saturated rings. The first-order valence-electron chi connectivity index (χ1n) is 9.06. The van der Waals surface area contributed by atoms with Gasteiger partial charge in [0.05, 0.1) is 24.1 Å². The molecule has 28 heavy (non-hydrogen) atoms. The Hall–Kier alpha value is -3.80. The maximum Gasteiger partial charge on any atom is 0.182 e. The second kappa shape index (κ2) is 6.42. The van der Waals surface area contributed by atoms with Crippen molar-refractivity contribution in [3.8, 4) is 11.3 Å². The van der Waals surface area contributed by atoms with Crippen LogP contribution in [0.25, 0.3) is 33.3 Å². The van der Waals surface area contributed by atoms with Crippen LogP contribution in [0.4, 0.5) is 5.82 Å². The van der Waals surface area contributed by atoms with E-state index in [4.69, 9.17) is 10.7 Å². The van der Waals surface area contributed by atoms with Gasteiger partial charge < -0.3 is 10.3 Å². The van der Waals surface area contributed by atoms with Crippen LogP contribution in [-0.2, 0) is 6.54 Å². The molecule has 136 valence electrons. The Morgan fingerprint density at radius 2 is 1.82 bits per heavy atom. The van der Waals surface area contributed by atoms with Gasteiger partial charge in [-0.05, 0) is 24.1 Å². The molecule has 0 bridgehead atoms. The van der Waals surface area contributed by atoms with Crippen molar-refractivity contribution in [3.05, 3.63) is 78.4 Å².